The first-order valence-corrected chi connectivity index (χ1v) is 9.38. The molecule has 2 fully saturated rings. The molecule has 0 amide bonds. The largest absolute Gasteiger partial charge is 0.354 e. The zero-order valence-corrected chi connectivity index (χ0v) is 14.1. The minimum atomic E-state index is 0.842. The number of thiophene rings is 1. The van der Waals surface area contributed by atoms with E-state index in [1.165, 1.54) is 55.5 Å². The van der Waals surface area contributed by atoms with E-state index >= 15 is 0 Å². The third-order valence-corrected chi connectivity index (χ3v) is 6.27. The Bertz CT molecular complexity index is 647. The van der Waals surface area contributed by atoms with E-state index in [0.717, 1.165) is 30.5 Å². The van der Waals surface area contributed by atoms with E-state index in [-0.39, 0.29) is 0 Å². The van der Waals surface area contributed by atoms with Crippen molar-refractivity contribution in [3.63, 3.8) is 0 Å². The second kappa shape index (κ2) is 6.13. The van der Waals surface area contributed by atoms with Gasteiger partial charge in [-0.2, -0.15) is 0 Å². The molecule has 5 heteroatoms. The highest BCUT2D eigenvalue weighted by Crippen LogP contribution is 2.32. The van der Waals surface area contributed by atoms with Crippen LogP contribution in [0.1, 0.15) is 37.7 Å². The SMILES string of the molecule is Cc1csc2c(N3CCCN(C4CCCC4)CC3)ncnc12. The van der Waals surface area contributed by atoms with E-state index in [1.807, 2.05) is 0 Å². The molecule has 0 atom stereocenters. The van der Waals surface area contributed by atoms with Crippen molar-refractivity contribution < 1.29 is 0 Å². The number of hydrogen-bond acceptors (Lipinski definition) is 5. The Labute approximate surface area is 136 Å². The number of hydrogen-bond donors (Lipinski definition) is 0. The maximum atomic E-state index is 4.61. The highest BCUT2D eigenvalue weighted by atomic mass is 32.1. The summed E-state index contributed by atoms with van der Waals surface area (Å²) >= 11 is 1.79. The predicted octanol–water partition coefficient (Wildman–Crippen LogP) is 3.45. The molecule has 0 spiro atoms. The minimum Gasteiger partial charge on any atom is -0.354 e. The average molecular weight is 316 g/mol. The molecular weight excluding hydrogens is 292 g/mol. The zero-order chi connectivity index (χ0) is 14.9. The number of anilines is 1. The molecule has 4 nitrogen and oxygen atoms in total. The molecule has 0 N–H and O–H groups in total. The van der Waals surface area contributed by atoms with Crippen LogP contribution in [0.3, 0.4) is 0 Å². The molecular formula is C17H24N4S. The summed E-state index contributed by atoms with van der Waals surface area (Å²) in [6.45, 7) is 6.78. The fourth-order valence-corrected chi connectivity index (χ4v) is 4.98. The number of aromatic nitrogens is 2. The van der Waals surface area contributed by atoms with Crippen molar-refractivity contribution in [2.24, 2.45) is 0 Å². The molecule has 1 saturated carbocycles. The normalized spacial score (nSPS) is 21.6. The molecule has 4 rings (SSSR count). The van der Waals surface area contributed by atoms with Crippen molar-refractivity contribution in [1.82, 2.24) is 14.9 Å². The third kappa shape index (κ3) is 2.61. The Balaban J connectivity index is 1.55. The van der Waals surface area contributed by atoms with Crippen molar-refractivity contribution in [2.45, 2.75) is 45.1 Å². The van der Waals surface area contributed by atoms with Crippen LogP contribution in [0.5, 0.6) is 0 Å². The maximum Gasteiger partial charge on any atom is 0.150 e. The fourth-order valence-electron chi connectivity index (χ4n) is 3.97. The van der Waals surface area contributed by atoms with E-state index in [9.17, 15) is 0 Å². The first-order valence-electron chi connectivity index (χ1n) is 8.51. The molecule has 1 aliphatic heterocycles. The molecule has 1 aliphatic carbocycles. The Morgan fingerprint density at radius 3 is 2.77 bits per heavy atom. The van der Waals surface area contributed by atoms with Crippen LogP contribution in [0.15, 0.2) is 11.7 Å². The van der Waals surface area contributed by atoms with Gasteiger partial charge in [0, 0.05) is 32.2 Å². The molecule has 2 aromatic heterocycles. The summed E-state index contributed by atoms with van der Waals surface area (Å²) in [4.78, 5) is 14.3. The molecule has 1 saturated heterocycles. The average Bonchev–Trinajstić information content (AvgIpc) is 3.13. The first kappa shape index (κ1) is 14.4. The molecule has 22 heavy (non-hydrogen) atoms. The van der Waals surface area contributed by atoms with E-state index in [2.05, 4.69) is 32.1 Å². The predicted molar refractivity (Wildman–Crippen MR) is 92.8 cm³/mol. The van der Waals surface area contributed by atoms with Crippen molar-refractivity contribution in [1.29, 1.82) is 0 Å². The van der Waals surface area contributed by atoms with Gasteiger partial charge in [-0.3, -0.25) is 4.90 Å². The Morgan fingerprint density at radius 1 is 1.05 bits per heavy atom. The van der Waals surface area contributed by atoms with Gasteiger partial charge in [0.25, 0.3) is 0 Å². The van der Waals surface area contributed by atoms with Crippen LogP contribution in [0.4, 0.5) is 5.82 Å². The van der Waals surface area contributed by atoms with Gasteiger partial charge in [0.05, 0.1) is 10.2 Å². The third-order valence-electron chi connectivity index (χ3n) is 5.18. The van der Waals surface area contributed by atoms with Crippen LogP contribution in [0.25, 0.3) is 10.2 Å². The van der Waals surface area contributed by atoms with Crippen LogP contribution in [-0.4, -0.2) is 47.1 Å². The van der Waals surface area contributed by atoms with E-state index in [1.54, 1.807) is 17.7 Å². The van der Waals surface area contributed by atoms with E-state index in [4.69, 9.17) is 0 Å². The standard InChI is InChI=1S/C17H24N4S/c1-13-11-22-16-15(13)18-12-19-17(16)21-8-4-7-20(9-10-21)14-5-2-3-6-14/h11-12,14H,2-10H2,1H3. The van der Waals surface area contributed by atoms with Crippen molar-refractivity contribution in [3.8, 4) is 0 Å². The Kier molecular flexibility index (Phi) is 4.01. The molecule has 0 radical (unpaired) electrons. The summed E-state index contributed by atoms with van der Waals surface area (Å²) in [6.07, 6.45) is 8.63. The van der Waals surface area contributed by atoms with Gasteiger partial charge >= 0.3 is 0 Å². The lowest BCUT2D eigenvalue weighted by molar-refractivity contribution is 0.213. The molecule has 0 aromatic carbocycles. The molecule has 3 heterocycles. The number of aryl methyl sites for hydroxylation is 1. The summed E-state index contributed by atoms with van der Waals surface area (Å²) in [5.41, 5.74) is 2.40. The molecule has 2 aromatic rings. The lowest BCUT2D eigenvalue weighted by Gasteiger charge is -2.27. The lowest BCUT2D eigenvalue weighted by Crippen LogP contribution is -2.37. The second-order valence-corrected chi connectivity index (χ2v) is 7.49. The Hall–Kier alpha value is -1.20. The summed E-state index contributed by atoms with van der Waals surface area (Å²) in [7, 11) is 0. The molecule has 0 bridgehead atoms. The van der Waals surface area contributed by atoms with Gasteiger partial charge in [0.2, 0.25) is 0 Å². The van der Waals surface area contributed by atoms with Crippen molar-refractivity contribution in [2.75, 3.05) is 31.1 Å². The number of rotatable bonds is 2. The van der Waals surface area contributed by atoms with Crippen LogP contribution < -0.4 is 4.90 Å². The quantitative estimate of drug-likeness (QED) is 0.849. The van der Waals surface area contributed by atoms with Crippen LogP contribution in [-0.2, 0) is 0 Å². The van der Waals surface area contributed by atoms with Crippen LogP contribution in [0.2, 0.25) is 0 Å². The first-order chi connectivity index (χ1) is 10.8. The van der Waals surface area contributed by atoms with Gasteiger partial charge in [-0.05, 0) is 37.1 Å². The van der Waals surface area contributed by atoms with Gasteiger partial charge in [0.15, 0.2) is 0 Å². The van der Waals surface area contributed by atoms with Gasteiger partial charge in [-0.25, -0.2) is 9.97 Å². The summed E-state index contributed by atoms with van der Waals surface area (Å²) in [5.74, 6) is 1.15. The molecule has 0 unspecified atom stereocenters. The number of nitrogens with zero attached hydrogens (tertiary/aromatic N) is 4. The second-order valence-electron chi connectivity index (χ2n) is 6.61. The highest BCUT2D eigenvalue weighted by molar-refractivity contribution is 7.18. The van der Waals surface area contributed by atoms with E-state index < -0.39 is 0 Å². The molecule has 118 valence electrons. The van der Waals surface area contributed by atoms with Crippen molar-refractivity contribution >= 4 is 27.4 Å². The minimum absolute atomic E-state index is 0.842. The van der Waals surface area contributed by atoms with Gasteiger partial charge in [0.1, 0.15) is 12.1 Å². The number of fused-ring (bicyclic) bond motifs is 1. The summed E-state index contributed by atoms with van der Waals surface area (Å²) < 4.78 is 1.26. The van der Waals surface area contributed by atoms with Crippen molar-refractivity contribution in [3.05, 3.63) is 17.3 Å². The zero-order valence-electron chi connectivity index (χ0n) is 13.3. The van der Waals surface area contributed by atoms with Crippen LogP contribution >= 0.6 is 11.3 Å². The van der Waals surface area contributed by atoms with Gasteiger partial charge in [-0.15, -0.1) is 11.3 Å². The molecule has 2 aliphatic rings. The van der Waals surface area contributed by atoms with Gasteiger partial charge in [-0.1, -0.05) is 12.8 Å². The maximum absolute atomic E-state index is 4.61. The lowest BCUT2D eigenvalue weighted by atomic mass is 10.2. The summed E-state index contributed by atoms with van der Waals surface area (Å²) in [5, 5.41) is 2.20. The smallest absolute Gasteiger partial charge is 0.150 e. The fraction of sp³-hybridized carbons (Fsp3) is 0.647. The highest BCUT2D eigenvalue weighted by Gasteiger charge is 2.25. The Morgan fingerprint density at radius 2 is 1.91 bits per heavy atom. The van der Waals surface area contributed by atoms with Crippen LogP contribution in [0, 0.1) is 6.92 Å². The topological polar surface area (TPSA) is 32.3 Å². The monoisotopic (exact) mass is 316 g/mol. The summed E-state index contributed by atoms with van der Waals surface area (Å²) in [6, 6.07) is 0.842. The van der Waals surface area contributed by atoms with Gasteiger partial charge < -0.3 is 4.90 Å². The van der Waals surface area contributed by atoms with E-state index in [0.29, 0.717) is 0 Å².